The lowest BCUT2D eigenvalue weighted by Crippen LogP contribution is -2.20. The minimum absolute atomic E-state index is 0.324. The molecule has 118 valence electrons. The van der Waals surface area contributed by atoms with E-state index in [-0.39, 0.29) is 5.91 Å². The first-order valence-electron chi connectivity index (χ1n) is 7.33. The van der Waals surface area contributed by atoms with Gasteiger partial charge >= 0.3 is 0 Å². The third-order valence-electron chi connectivity index (χ3n) is 3.34. The lowest BCUT2D eigenvalue weighted by atomic mass is 10.0. The summed E-state index contributed by atoms with van der Waals surface area (Å²) in [6, 6.07) is 20.1. The second-order valence-electron chi connectivity index (χ2n) is 5.02. The summed E-state index contributed by atoms with van der Waals surface area (Å²) in [5.41, 5.74) is 5.37. The van der Waals surface area contributed by atoms with E-state index in [0.29, 0.717) is 16.3 Å². The maximum absolute atomic E-state index is 12.3. The summed E-state index contributed by atoms with van der Waals surface area (Å²) in [6.45, 7) is 0. The Balaban J connectivity index is 1.91. The van der Waals surface area contributed by atoms with Gasteiger partial charge in [-0.2, -0.15) is 5.10 Å². The lowest BCUT2D eigenvalue weighted by Gasteiger charge is -2.07. The monoisotopic (exact) mass is 335 g/mol. The van der Waals surface area contributed by atoms with Gasteiger partial charge in [0.05, 0.1) is 5.71 Å². The highest BCUT2D eigenvalue weighted by atomic mass is 35.5. The quantitative estimate of drug-likeness (QED) is 0.580. The third-order valence-corrected chi connectivity index (χ3v) is 3.57. The van der Waals surface area contributed by atoms with Crippen LogP contribution in [0.25, 0.3) is 0 Å². The molecule has 0 atom stereocenters. The molecule has 2 aromatic carbocycles. The molecule has 0 bridgehead atoms. The van der Waals surface area contributed by atoms with Crippen LogP contribution >= 0.6 is 11.6 Å². The van der Waals surface area contributed by atoms with E-state index in [1.165, 1.54) is 0 Å². The number of nitrogens with one attached hydrogen (secondary N) is 1. The lowest BCUT2D eigenvalue weighted by molar-refractivity contribution is 0.0955. The molecule has 1 heterocycles. The van der Waals surface area contributed by atoms with E-state index in [4.69, 9.17) is 11.6 Å². The summed E-state index contributed by atoms with van der Waals surface area (Å²) in [7, 11) is 0. The molecular weight excluding hydrogens is 322 g/mol. The fourth-order valence-corrected chi connectivity index (χ4v) is 2.39. The molecule has 0 fully saturated rings. The van der Waals surface area contributed by atoms with Crippen LogP contribution in [-0.4, -0.2) is 16.6 Å². The standard InChI is InChI=1S/C19H14ClN3O/c20-17-10-4-8-15(12-17)19(24)23-22-18(14-6-2-1-3-7-14)16-9-5-11-21-13-16/h1-13H,(H,23,24)/b22-18+. The van der Waals surface area contributed by atoms with Crippen LogP contribution < -0.4 is 5.43 Å². The number of carbonyl (C=O) groups excluding carboxylic acids is 1. The second kappa shape index (κ2) is 7.53. The van der Waals surface area contributed by atoms with Crippen molar-refractivity contribution < 1.29 is 4.79 Å². The van der Waals surface area contributed by atoms with Crippen molar-refractivity contribution in [3.8, 4) is 0 Å². The van der Waals surface area contributed by atoms with E-state index in [1.54, 1.807) is 36.7 Å². The van der Waals surface area contributed by atoms with Gasteiger partial charge in [-0.25, -0.2) is 5.43 Å². The number of pyridine rings is 1. The van der Waals surface area contributed by atoms with Crippen LogP contribution in [0.3, 0.4) is 0 Å². The predicted octanol–water partition coefficient (Wildman–Crippen LogP) is 3.92. The molecule has 0 saturated heterocycles. The van der Waals surface area contributed by atoms with E-state index in [2.05, 4.69) is 15.5 Å². The van der Waals surface area contributed by atoms with Crippen LogP contribution in [0, 0.1) is 0 Å². The Bertz CT molecular complexity index is 823. The molecule has 0 radical (unpaired) electrons. The van der Waals surface area contributed by atoms with Crippen LogP contribution in [0.2, 0.25) is 5.02 Å². The third kappa shape index (κ3) is 3.86. The fraction of sp³-hybridized carbons (Fsp3) is 0. The molecule has 3 aromatic rings. The summed E-state index contributed by atoms with van der Waals surface area (Å²) in [5.74, 6) is -0.324. The molecule has 0 aliphatic carbocycles. The van der Waals surface area contributed by atoms with Gasteiger partial charge in [0, 0.05) is 34.1 Å². The largest absolute Gasteiger partial charge is 0.271 e. The number of hydrogen-bond acceptors (Lipinski definition) is 3. The van der Waals surface area contributed by atoms with E-state index in [9.17, 15) is 4.79 Å². The molecule has 24 heavy (non-hydrogen) atoms. The van der Waals surface area contributed by atoms with Crippen molar-refractivity contribution in [1.29, 1.82) is 0 Å². The molecule has 0 spiro atoms. The van der Waals surface area contributed by atoms with Crippen molar-refractivity contribution in [2.24, 2.45) is 5.10 Å². The Kier molecular flexibility index (Phi) is 4.99. The predicted molar refractivity (Wildman–Crippen MR) is 95.2 cm³/mol. The number of hydrogen-bond donors (Lipinski definition) is 1. The van der Waals surface area contributed by atoms with Crippen LogP contribution in [-0.2, 0) is 0 Å². The first-order chi connectivity index (χ1) is 11.7. The minimum Gasteiger partial charge on any atom is -0.267 e. The smallest absolute Gasteiger partial charge is 0.267 e. The van der Waals surface area contributed by atoms with Crippen LogP contribution in [0.1, 0.15) is 21.5 Å². The first kappa shape index (κ1) is 15.9. The number of rotatable bonds is 4. The van der Waals surface area contributed by atoms with Crippen molar-refractivity contribution in [2.45, 2.75) is 0 Å². The number of hydrazone groups is 1. The number of amides is 1. The van der Waals surface area contributed by atoms with Crippen molar-refractivity contribution in [2.75, 3.05) is 0 Å². The molecule has 0 saturated carbocycles. The Morgan fingerprint density at radius 1 is 0.917 bits per heavy atom. The van der Waals surface area contributed by atoms with Crippen LogP contribution in [0.15, 0.2) is 84.2 Å². The number of aromatic nitrogens is 1. The normalized spacial score (nSPS) is 11.1. The Labute approximate surface area is 144 Å². The van der Waals surface area contributed by atoms with E-state index in [1.807, 2.05) is 42.5 Å². The van der Waals surface area contributed by atoms with Gasteiger partial charge in [-0.05, 0) is 30.3 Å². The first-order valence-corrected chi connectivity index (χ1v) is 7.71. The molecule has 1 N–H and O–H groups in total. The summed E-state index contributed by atoms with van der Waals surface area (Å²) in [6.07, 6.45) is 3.40. The van der Waals surface area contributed by atoms with Gasteiger partial charge in [0.15, 0.2) is 0 Å². The number of carbonyl (C=O) groups is 1. The molecule has 3 rings (SSSR count). The average Bonchev–Trinajstić information content (AvgIpc) is 2.63. The Hall–Kier alpha value is -2.98. The molecule has 0 aliphatic rings. The number of nitrogens with zero attached hydrogens (tertiary/aromatic N) is 2. The fourth-order valence-electron chi connectivity index (χ4n) is 2.20. The van der Waals surface area contributed by atoms with Crippen molar-refractivity contribution >= 4 is 23.2 Å². The van der Waals surface area contributed by atoms with E-state index >= 15 is 0 Å². The Morgan fingerprint density at radius 2 is 1.67 bits per heavy atom. The maximum atomic E-state index is 12.3. The zero-order chi connectivity index (χ0) is 16.8. The molecule has 0 unspecified atom stereocenters. The summed E-state index contributed by atoms with van der Waals surface area (Å²) in [5, 5.41) is 4.81. The zero-order valence-corrected chi connectivity index (χ0v) is 13.4. The Morgan fingerprint density at radius 3 is 2.38 bits per heavy atom. The minimum atomic E-state index is -0.324. The number of benzene rings is 2. The van der Waals surface area contributed by atoms with E-state index in [0.717, 1.165) is 11.1 Å². The van der Waals surface area contributed by atoms with Gasteiger partial charge in [0.1, 0.15) is 0 Å². The number of halogens is 1. The van der Waals surface area contributed by atoms with Gasteiger partial charge in [-0.15, -0.1) is 0 Å². The van der Waals surface area contributed by atoms with Gasteiger partial charge in [0.25, 0.3) is 5.91 Å². The molecule has 1 amide bonds. The van der Waals surface area contributed by atoms with Gasteiger partial charge in [0.2, 0.25) is 0 Å². The van der Waals surface area contributed by atoms with Crippen molar-refractivity contribution in [3.05, 3.63) is 101 Å². The van der Waals surface area contributed by atoms with Gasteiger partial charge in [-0.3, -0.25) is 9.78 Å². The van der Waals surface area contributed by atoms with Crippen molar-refractivity contribution in [1.82, 2.24) is 10.4 Å². The summed E-state index contributed by atoms with van der Waals surface area (Å²) < 4.78 is 0. The molecule has 0 aliphatic heterocycles. The zero-order valence-electron chi connectivity index (χ0n) is 12.7. The highest BCUT2D eigenvalue weighted by molar-refractivity contribution is 6.31. The average molecular weight is 336 g/mol. The maximum Gasteiger partial charge on any atom is 0.271 e. The topological polar surface area (TPSA) is 54.4 Å². The van der Waals surface area contributed by atoms with Crippen LogP contribution in [0.4, 0.5) is 0 Å². The molecular formula is C19H14ClN3O. The van der Waals surface area contributed by atoms with Gasteiger partial charge < -0.3 is 0 Å². The highest BCUT2D eigenvalue weighted by Gasteiger charge is 2.09. The van der Waals surface area contributed by atoms with Crippen LogP contribution in [0.5, 0.6) is 0 Å². The van der Waals surface area contributed by atoms with Gasteiger partial charge in [-0.1, -0.05) is 48.0 Å². The summed E-state index contributed by atoms with van der Waals surface area (Å²) in [4.78, 5) is 16.4. The summed E-state index contributed by atoms with van der Waals surface area (Å²) >= 11 is 5.92. The molecule has 1 aromatic heterocycles. The van der Waals surface area contributed by atoms with E-state index < -0.39 is 0 Å². The molecule has 4 nitrogen and oxygen atoms in total. The highest BCUT2D eigenvalue weighted by Crippen LogP contribution is 2.12. The second-order valence-corrected chi connectivity index (χ2v) is 5.46. The SMILES string of the molecule is O=C(N/N=C(\c1ccccc1)c1cccnc1)c1cccc(Cl)c1. The molecule has 5 heteroatoms. The van der Waals surface area contributed by atoms with Crippen molar-refractivity contribution in [3.63, 3.8) is 0 Å².